The van der Waals surface area contributed by atoms with Crippen molar-refractivity contribution in [2.45, 2.75) is 11.7 Å². The van der Waals surface area contributed by atoms with Gasteiger partial charge in [0, 0.05) is 35.0 Å². The Balaban J connectivity index is 2.02. The van der Waals surface area contributed by atoms with Crippen LogP contribution in [0, 0.1) is 0 Å². The van der Waals surface area contributed by atoms with E-state index in [0.29, 0.717) is 55.7 Å². The fraction of sp³-hybridized carbons (Fsp3) is 0.238. The summed E-state index contributed by atoms with van der Waals surface area (Å²) in [5.41, 5.74) is 2.98. The number of ether oxygens (including phenoxy) is 2. The normalized spacial score (nSPS) is 11.2. The minimum atomic E-state index is -0.0249. The van der Waals surface area contributed by atoms with E-state index >= 15 is 0 Å². The summed E-state index contributed by atoms with van der Waals surface area (Å²) in [6.07, 6.45) is 7.12. The van der Waals surface area contributed by atoms with Crippen LogP contribution < -0.4 is 9.47 Å². The van der Waals surface area contributed by atoms with Gasteiger partial charge in [0.25, 0.3) is 0 Å². The SMILES string of the molecule is COc1cc(OC)c(Cl)c(-c2cc3cnc(SC)nc3c(-c3cnn(CCO)c3)n2)c1Cl. The summed E-state index contributed by atoms with van der Waals surface area (Å²) in [4.78, 5) is 13.9. The van der Waals surface area contributed by atoms with E-state index < -0.39 is 0 Å². The number of aliphatic hydroxyl groups excluding tert-OH is 1. The molecule has 0 amide bonds. The summed E-state index contributed by atoms with van der Waals surface area (Å²) >= 11 is 14.7. The number of aromatic nitrogens is 5. The predicted octanol–water partition coefficient (Wildman–Crippen LogP) is 4.59. The number of fused-ring (bicyclic) bond motifs is 1. The monoisotopic (exact) mass is 491 g/mol. The molecule has 4 rings (SSSR count). The molecule has 8 nitrogen and oxygen atoms in total. The van der Waals surface area contributed by atoms with Gasteiger partial charge in [-0.25, -0.2) is 15.0 Å². The third kappa shape index (κ3) is 4.09. The Hall–Kier alpha value is -2.59. The molecule has 0 atom stereocenters. The van der Waals surface area contributed by atoms with Gasteiger partial charge in [-0.05, 0) is 12.3 Å². The molecule has 4 aromatic rings. The summed E-state index contributed by atoms with van der Waals surface area (Å²) in [5.74, 6) is 0.826. The van der Waals surface area contributed by atoms with Gasteiger partial charge >= 0.3 is 0 Å². The van der Waals surface area contributed by atoms with Crippen molar-refractivity contribution in [2.75, 3.05) is 27.1 Å². The number of hydrogen-bond acceptors (Lipinski definition) is 8. The van der Waals surface area contributed by atoms with E-state index in [0.717, 1.165) is 10.9 Å². The van der Waals surface area contributed by atoms with Crippen LogP contribution in [0.1, 0.15) is 0 Å². The second kappa shape index (κ2) is 9.50. The van der Waals surface area contributed by atoms with Crippen molar-refractivity contribution < 1.29 is 14.6 Å². The van der Waals surface area contributed by atoms with Crippen LogP contribution in [0.4, 0.5) is 0 Å². The minimum Gasteiger partial charge on any atom is -0.495 e. The molecule has 11 heteroatoms. The number of pyridine rings is 1. The summed E-state index contributed by atoms with van der Waals surface area (Å²) in [7, 11) is 3.04. The number of benzene rings is 1. The zero-order valence-corrected chi connectivity index (χ0v) is 19.8. The highest BCUT2D eigenvalue weighted by molar-refractivity contribution is 7.98. The van der Waals surface area contributed by atoms with Crippen LogP contribution in [0.5, 0.6) is 11.5 Å². The average molecular weight is 492 g/mol. The summed E-state index contributed by atoms with van der Waals surface area (Å²) in [6.45, 7) is 0.344. The molecular formula is C21H19Cl2N5O3S. The molecule has 0 aliphatic rings. The largest absolute Gasteiger partial charge is 0.495 e. The van der Waals surface area contributed by atoms with Crippen molar-refractivity contribution in [1.29, 1.82) is 0 Å². The summed E-state index contributed by atoms with van der Waals surface area (Å²) < 4.78 is 12.4. The number of nitrogens with zero attached hydrogens (tertiary/aromatic N) is 5. The fourth-order valence-corrected chi connectivity index (χ4v) is 4.31. The van der Waals surface area contributed by atoms with Gasteiger partial charge in [0.1, 0.15) is 22.7 Å². The summed E-state index contributed by atoms with van der Waals surface area (Å²) in [6, 6.07) is 3.45. The van der Waals surface area contributed by atoms with Gasteiger partial charge in [-0.1, -0.05) is 35.0 Å². The third-order valence-electron chi connectivity index (χ3n) is 4.79. The molecule has 0 radical (unpaired) electrons. The second-order valence-corrected chi connectivity index (χ2v) is 8.18. The lowest BCUT2D eigenvalue weighted by molar-refractivity contribution is 0.269. The Kier molecular flexibility index (Phi) is 6.71. The highest BCUT2D eigenvalue weighted by Crippen LogP contribution is 2.46. The smallest absolute Gasteiger partial charge is 0.187 e. The molecule has 166 valence electrons. The van der Waals surface area contributed by atoms with Crippen LogP contribution in [0.25, 0.3) is 33.4 Å². The van der Waals surface area contributed by atoms with Gasteiger partial charge < -0.3 is 14.6 Å². The van der Waals surface area contributed by atoms with Crippen LogP contribution in [-0.4, -0.2) is 56.9 Å². The first-order valence-electron chi connectivity index (χ1n) is 9.46. The molecule has 0 saturated carbocycles. The van der Waals surface area contributed by atoms with Crippen molar-refractivity contribution >= 4 is 45.9 Å². The molecule has 0 fully saturated rings. The number of aliphatic hydroxyl groups is 1. The van der Waals surface area contributed by atoms with Crippen molar-refractivity contribution in [3.63, 3.8) is 0 Å². The first-order chi connectivity index (χ1) is 15.5. The number of methoxy groups -OCH3 is 2. The van der Waals surface area contributed by atoms with E-state index in [1.165, 1.54) is 26.0 Å². The lowest BCUT2D eigenvalue weighted by Crippen LogP contribution is -2.01. The maximum Gasteiger partial charge on any atom is 0.187 e. The molecule has 32 heavy (non-hydrogen) atoms. The molecule has 1 N–H and O–H groups in total. The molecule has 0 saturated heterocycles. The van der Waals surface area contributed by atoms with Crippen LogP contribution >= 0.6 is 35.0 Å². The summed E-state index contributed by atoms with van der Waals surface area (Å²) in [5, 5.41) is 15.5. The Labute approximate surface area is 198 Å². The van der Waals surface area contributed by atoms with Crippen LogP contribution in [0.3, 0.4) is 0 Å². The van der Waals surface area contributed by atoms with E-state index in [1.807, 2.05) is 12.3 Å². The molecule has 0 spiro atoms. The number of thioether (sulfide) groups is 1. The molecule has 0 bridgehead atoms. The highest BCUT2D eigenvalue weighted by Gasteiger charge is 2.22. The molecule has 3 heterocycles. The Morgan fingerprint density at radius 1 is 1.06 bits per heavy atom. The van der Waals surface area contributed by atoms with E-state index in [9.17, 15) is 5.11 Å². The average Bonchev–Trinajstić information content (AvgIpc) is 3.27. The van der Waals surface area contributed by atoms with Gasteiger partial charge in [0.05, 0.1) is 49.3 Å². The van der Waals surface area contributed by atoms with Crippen LogP contribution in [0.2, 0.25) is 10.0 Å². The second-order valence-electron chi connectivity index (χ2n) is 6.65. The Morgan fingerprint density at radius 3 is 2.41 bits per heavy atom. The first-order valence-corrected chi connectivity index (χ1v) is 11.4. The van der Waals surface area contributed by atoms with Crippen molar-refractivity contribution in [1.82, 2.24) is 24.7 Å². The van der Waals surface area contributed by atoms with E-state index in [4.69, 9.17) is 37.7 Å². The Morgan fingerprint density at radius 2 is 1.78 bits per heavy atom. The molecule has 0 aliphatic heterocycles. The molecule has 0 aliphatic carbocycles. The number of hydrogen-bond donors (Lipinski definition) is 1. The van der Waals surface area contributed by atoms with Crippen molar-refractivity contribution in [2.24, 2.45) is 0 Å². The van der Waals surface area contributed by atoms with Gasteiger partial charge in [0.2, 0.25) is 0 Å². The van der Waals surface area contributed by atoms with Gasteiger partial charge in [-0.15, -0.1) is 0 Å². The van der Waals surface area contributed by atoms with E-state index in [1.54, 1.807) is 29.3 Å². The van der Waals surface area contributed by atoms with Crippen molar-refractivity contribution in [3.8, 4) is 34.0 Å². The highest BCUT2D eigenvalue weighted by atomic mass is 35.5. The van der Waals surface area contributed by atoms with E-state index in [-0.39, 0.29) is 6.61 Å². The quantitative estimate of drug-likeness (QED) is 0.296. The van der Waals surface area contributed by atoms with Crippen LogP contribution in [0.15, 0.2) is 35.9 Å². The van der Waals surface area contributed by atoms with E-state index in [2.05, 4.69) is 15.1 Å². The van der Waals surface area contributed by atoms with Crippen LogP contribution in [-0.2, 0) is 6.54 Å². The molecule has 1 aromatic carbocycles. The molecular weight excluding hydrogens is 473 g/mol. The minimum absolute atomic E-state index is 0.0249. The molecule has 0 unspecified atom stereocenters. The zero-order chi connectivity index (χ0) is 22.8. The lowest BCUT2D eigenvalue weighted by atomic mass is 10.1. The first kappa shape index (κ1) is 22.6. The number of halogens is 2. The predicted molar refractivity (Wildman–Crippen MR) is 126 cm³/mol. The lowest BCUT2D eigenvalue weighted by Gasteiger charge is -2.15. The topological polar surface area (TPSA) is 95.2 Å². The van der Waals surface area contributed by atoms with Gasteiger partial charge in [-0.3, -0.25) is 4.68 Å². The fourth-order valence-electron chi connectivity index (χ4n) is 3.27. The maximum atomic E-state index is 9.24. The number of rotatable bonds is 7. The third-order valence-corrected chi connectivity index (χ3v) is 6.10. The maximum absolute atomic E-state index is 9.24. The standard InChI is InChI=1S/C21H19Cl2N5O3S/c1-30-14-7-15(31-2)18(23)16(17(14)22)13-6-11-8-24-21(32-3)27-19(11)20(26-13)12-9-25-28(10-12)4-5-29/h6-10,29H,4-5H2,1-3H3. The van der Waals surface area contributed by atoms with Crippen molar-refractivity contribution in [3.05, 3.63) is 40.8 Å². The van der Waals surface area contributed by atoms with Gasteiger partial charge in [0.15, 0.2) is 5.16 Å². The van der Waals surface area contributed by atoms with Gasteiger partial charge in [-0.2, -0.15) is 5.10 Å². The zero-order valence-electron chi connectivity index (χ0n) is 17.5. The molecule has 3 aromatic heterocycles. The Bertz CT molecular complexity index is 1270.